The highest BCUT2D eigenvalue weighted by Crippen LogP contribution is 2.21. The molecular weight excluding hydrogens is 219 g/mol. The molecule has 1 aliphatic rings. The van der Waals surface area contributed by atoms with Gasteiger partial charge in [-0.2, -0.15) is 0 Å². The van der Waals surface area contributed by atoms with Gasteiger partial charge in [-0.05, 0) is 31.5 Å². The average molecular weight is 236 g/mol. The first kappa shape index (κ1) is 12.0. The number of carbonyl (C=O) groups excluding carboxylic acids is 1. The van der Waals surface area contributed by atoms with Crippen LogP contribution in [0.15, 0.2) is 24.3 Å². The highest BCUT2D eigenvalue weighted by Gasteiger charge is 2.25. The van der Waals surface area contributed by atoms with E-state index in [1.807, 2.05) is 0 Å². The first-order valence-corrected chi connectivity index (χ1v) is 5.93. The van der Waals surface area contributed by atoms with Gasteiger partial charge < -0.3 is 10.2 Å². The highest BCUT2D eigenvalue weighted by atomic mass is 19.1. The summed E-state index contributed by atoms with van der Waals surface area (Å²) in [6, 6.07) is 6.36. The number of anilines is 1. The van der Waals surface area contributed by atoms with E-state index < -0.39 is 0 Å². The van der Waals surface area contributed by atoms with Crippen molar-refractivity contribution in [2.24, 2.45) is 5.92 Å². The van der Waals surface area contributed by atoms with Gasteiger partial charge in [0.25, 0.3) is 0 Å². The van der Waals surface area contributed by atoms with Gasteiger partial charge in [-0.15, -0.1) is 0 Å². The molecule has 0 saturated carbocycles. The quantitative estimate of drug-likeness (QED) is 0.849. The Bertz CT molecular complexity index is 402. The van der Waals surface area contributed by atoms with Gasteiger partial charge in [0.15, 0.2) is 0 Å². The zero-order valence-corrected chi connectivity index (χ0v) is 9.95. The van der Waals surface area contributed by atoms with Crippen molar-refractivity contribution < 1.29 is 9.18 Å². The Hall–Kier alpha value is -1.42. The van der Waals surface area contributed by atoms with Gasteiger partial charge in [-0.3, -0.25) is 4.79 Å². The lowest BCUT2D eigenvalue weighted by Gasteiger charge is -2.27. The molecule has 0 aliphatic carbocycles. The molecule has 4 heteroatoms. The minimum atomic E-state index is -0.355. The molecule has 1 aliphatic heterocycles. The van der Waals surface area contributed by atoms with E-state index in [9.17, 15) is 9.18 Å². The number of amides is 1. The third-order valence-electron chi connectivity index (χ3n) is 3.19. The van der Waals surface area contributed by atoms with Crippen molar-refractivity contribution in [2.75, 3.05) is 25.0 Å². The van der Waals surface area contributed by atoms with E-state index >= 15 is 0 Å². The van der Waals surface area contributed by atoms with E-state index in [0.717, 1.165) is 19.4 Å². The smallest absolute Gasteiger partial charge is 0.231 e. The summed E-state index contributed by atoms with van der Waals surface area (Å²) in [6.07, 6.45) is 1.88. The Morgan fingerprint density at radius 3 is 2.88 bits per heavy atom. The zero-order chi connectivity index (χ0) is 12.3. The molecule has 1 heterocycles. The number of carbonyl (C=O) groups is 1. The second-order valence-corrected chi connectivity index (χ2v) is 4.39. The second kappa shape index (κ2) is 5.27. The summed E-state index contributed by atoms with van der Waals surface area (Å²) in [5.74, 6) is -0.400. The van der Waals surface area contributed by atoms with E-state index in [1.165, 1.54) is 11.0 Å². The lowest BCUT2D eigenvalue weighted by Crippen LogP contribution is -2.41. The van der Waals surface area contributed by atoms with Gasteiger partial charge in [-0.1, -0.05) is 12.1 Å². The molecule has 1 amide bonds. The molecule has 1 aromatic rings. The van der Waals surface area contributed by atoms with Gasteiger partial charge >= 0.3 is 0 Å². The second-order valence-electron chi connectivity index (χ2n) is 4.39. The van der Waals surface area contributed by atoms with Crippen LogP contribution in [0.2, 0.25) is 0 Å². The number of benzene rings is 1. The number of hydrogen-bond donors (Lipinski definition) is 1. The molecule has 2 rings (SSSR count). The molecule has 1 atom stereocenters. The number of rotatable bonds is 2. The van der Waals surface area contributed by atoms with Crippen molar-refractivity contribution in [3.05, 3.63) is 30.1 Å². The largest absolute Gasteiger partial charge is 0.316 e. The van der Waals surface area contributed by atoms with E-state index in [-0.39, 0.29) is 17.6 Å². The molecule has 3 nitrogen and oxygen atoms in total. The summed E-state index contributed by atoms with van der Waals surface area (Å²) in [5.41, 5.74) is 0.350. The van der Waals surface area contributed by atoms with Crippen LogP contribution in [-0.2, 0) is 4.79 Å². The lowest BCUT2D eigenvalue weighted by atomic mass is 9.98. The molecule has 17 heavy (non-hydrogen) atoms. The Balaban J connectivity index is 2.11. The molecule has 1 fully saturated rings. The number of nitrogens with zero attached hydrogens (tertiary/aromatic N) is 1. The van der Waals surface area contributed by atoms with Gasteiger partial charge in [0.1, 0.15) is 5.82 Å². The molecule has 0 aromatic heterocycles. The number of para-hydroxylation sites is 1. The van der Waals surface area contributed by atoms with Gasteiger partial charge in [0, 0.05) is 13.6 Å². The maximum absolute atomic E-state index is 13.6. The number of nitrogens with one attached hydrogen (secondary N) is 1. The maximum Gasteiger partial charge on any atom is 0.231 e. The van der Waals surface area contributed by atoms with E-state index in [2.05, 4.69) is 5.32 Å². The Morgan fingerprint density at radius 2 is 2.24 bits per heavy atom. The monoisotopic (exact) mass is 236 g/mol. The van der Waals surface area contributed by atoms with E-state index in [1.54, 1.807) is 25.2 Å². The fourth-order valence-electron chi connectivity index (χ4n) is 2.18. The number of halogens is 1. The normalized spacial score (nSPS) is 20.0. The zero-order valence-electron chi connectivity index (χ0n) is 9.95. The predicted octanol–water partition coefficient (Wildman–Crippen LogP) is 1.79. The minimum absolute atomic E-state index is 0.0118. The number of piperidine rings is 1. The third kappa shape index (κ3) is 2.64. The first-order valence-electron chi connectivity index (χ1n) is 5.93. The van der Waals surface area contributed by atoms with Gasteiger partial charge in [-0.25, -0.2) is 4.39 Å². The first-order chi connectivity index (χ1) is 8.20. The molecule has 1 aromatic carbocycles. The van der Waals surface area contributed by atoms with Crippen LogP contribution in [-0.4, -0.2) is 26.0 Å². The predicted molar refractivity (Wildman–Crippen MR) is 65.4 cm³/mol. The molecule has 0 spiro atoms. The summed E-state index contributed by atoms with van der Waals surface area (Å²) in [4.78, 5) is 13.6. The van der Waals surface area contributed by atoms with Crippen LogP contribution in [0.4, 0.5) is 10.1 Å². The van der Waals surface area contributed by atoms with E-state index in [4.69, 9.17) is 0 Å². The Labute approximate surface area is 101 Å². The van der Waals surface area contributed by atoms with Crippen LogP contribution in [0.25, 0.3) is 0 Å². The van der Waals surface area contributed by atoms with Crippen LogP contribution in [0.1, 0.15) is 12.8 Å². The standard InChI is InChI=1S/C13H17FN2O/c1-16(12-7-3-2-6-11(12)14)13(17)10-5-4-8-15-9-10/h2-3,6-7,10,15H,4-5,8-9H2,1H3. The van der Waals surface area contributed by atoms with E-state index in [0.29, 0.717) is 12.2 Å². The molecule has 1 unspecified atom stereocenters. The van der Waals surface area contributed by atoms with Crippen LogP contribution in [0, 0.1) is 11.7 Å². The molecule has 0 radical (unpaired) electrons. The van der Waals surface area contributed by atoms with Crippen molar-refractivity contribution in [1.82, 2.24) is 5.32 Å². The van der Waals surface area contributed by atoms with Crippen molar-refractivity contribution >= 4 is 11.6 Å². The van der Waals surface area contributed by atoms with Crippen molar-refractivity contribution in [2.45, 2.75) is 12.8 Å². The Morgan fingerprint density at radius 1 is 1.47 bits per heavy atom. The highest BCUT2D eigenvalue weighted by molar-refractivity contribution is 5.94. The van der Waals surface area contributed by atoms with Crippen LogP contribution >= 0.6 is 0 Å². The Kier molecular flexibility index (Phi) is 3.74. The average Bonchev–Trinajstić information content (AvgIpc) is 2.39. The summed E-state index contributed by atoms with van der Waals surface area (Å²) < 4.78 is 13.6. The summed E-state index contributed by atoms with van der Waals surface area (Å²) >= 11 is 0. The van der Waals surface area contributed by atoms with Crippen molar-refractivity contribution in [3.8, 4) is 0 Å². The topological polar surface area (TPSA) is 32.3 Å². The maximum atomic E-state index is 13.6. The molecule has 1 saturated heterocycles. The molecule has 92 valence electrons. The van der Waals surface area contributed by atoms with Gasteiger partial charge in [0.05, 0.1) is 11.6 Å². The number of hydrogen-bond acceptors (Lipinski definition) is 2. The van der Waals surface area contributed by atoms with Crippen LogP contribution in [0.5, 0.6) is 0 Å². The molecule has 1 N–H and O–H groups in total. The summed E-state index contributed by atoms with van der Waals surface area (Å²) in [7, 11) is 1.63. The molecular formula is C13H17FN2O. The van der Waals surface area contributed by atoms with Gasteiger partial charge in [0.2, 0.25) is 5.91 Å². The fourth-order valence-corrected chi connectivity index (χ4v) is 2.18. The SMILES string of the molecule is CN(C(=O)C1CCCNC1)c1ccccc1F. The fraction of sp³-hybridized carbons (Fsp3) is 0.462. The summed E-state index contributed by atoms with van der Waals surface area (Å²) in [6.45, 7) is 1.66. The molecule has 0 bridgehead atoms. The van der Waals surface area contributed by atoms with Crippen LogP contribution in [0.3, 0.4) is 0 Å². The van der Waals surface area contributed by atoms with Crippen molar-refractivity contribution in [3.63, 3.8) is 0 Å². The van der Waals surface area contributed by atoms with Crippen molar-refractivity contribution in [1.29, 1.82) is 0 Å². The third-order valence-corrected chi connectivity index (χ3v) is 3.19. The minimum Gasteiger partial charge on any atom is -0.316 e. The van der Waals surface area contributed by atoms with Crippen LogP contribution < -0.4 is 10.2 Å². The lowest BCUT2D eigenvalue weighted by molar-refractivity contribution is -0.122. The summed E-state index contributed by atoms with van der Waals surface area (Å²) in [5, 5.41) is 3.20.